The highest BCUT2D eigenvalue weighted by atomic mass is 15.0. The number of benzene rings is 1. The zero-order valence-electron chi connectivity index (χ0n) is 12.2. The fraction of sp³-hybridized carbons (Fsp3) is 0.412. The van der Waals surface area contributed by atoms with E-state index in [0.717, 1.165) is 30.3 Å². The minimum absolute atomic E-state index is 0.345. The van der Waals surface area contributed by atoms with Gasteiger partial charge in [-0.2, -0.15) is 0 Å². The molecule has 1 atom stereocenters. The summed E-state index contributed by atoms with van der Waals surface area (Å²) in [6.07, 6.45) is 3.54. The van der Waals surface area contributed by atoms with Gasteiger partial charge >= 0.3 is 0 Å². The molecule has 0 saturated heterocycles. The molecule has 0 saturated carbocycles. The summed E-state index contributed by atoms with van der Waals surface area (Å²) in [5.41, 5.74) is 3.90. The summed E-state index contributed by atoms with van der Waals surface area (Å²) in [5.74, 6) is 2.25. The van der Waals surface area contributed by atoms with Crippen LogP contribution in [0.1, 0.15) is 48.3 Å². The van der Waals surface area contributed by atoms with E-state index in [1.807, 2.05) is 13.0 Å². The Morgan fingerprint density at radius 2 is 2.10 bits per heavy atom. The van der Waals surface area contributed by atoms with Crippen LogP contribution in [0.5, 0.6) is 0 Å². The third-order valence-corrected chi connectivity index (χ3v) is 3.91. The van der Waals surface area contributed by atoms with Crippen LogP contribution >= 0.6 is 0 Å². The lowest BCUT2D eigenvalue weighted by molar-refractivity contribution is 0.589. The number of hydrogen-bond acceptors (Lipinski definition) is 3. The van der Waals surface area contributed by atoms with Crippen LogP contribution < -0.4 is 5.32 Å². The highest BCUT2D eigenvalue weighted by molar-refractivity contribution is 5.40. The molecule has 0 spiro atoms. The minimum Gasteiger partial charge on any atom is -0.370 e. The van der Waals surface area contributed by atoms with Crippen LogP contribution in [-0.2, 0) is 6.42 Å². The Morgan fingerprint density at radius 3 is 2.95 bits per heavy atom. The van der Waals surface area contributed by atoms with Crippen LogP contribution in [0.25, 0.3) is 0 Å². The summed E-state index contributed by atoms with van der Waals surface area (Å²) in [6, 6.07) is 10.7. The Morgan fingerprint density at radius 1 is 1.25 bits per heavy atom. The van der Waals surface area contributed by atoms with E-state index in [-0.39, 0.29) is 0 Å². The quantitative estimate of drug-likeness (QED) is 0.921. The minimum atomic E-state index is 0.345. The zero-order chi connectivity index (χ0) is 13.9. The average molecular weight is 267 g/mol. The van der Waals surface area contributed by atoms with Gasteiger partial charge in [-0.25, -0.2) is 9.97 Å². The highest BCUT2D eigenvalue weighted by Crippen LogP contribution is 2.35. The second-order valence-corrected chi connectivity index (χ2v) is 5.43. The standard InChI is InChI=1S/C17H21N3/c1-3-18-16-11-12(2)19-17(20-16)15-10-6-8-13-7-4-5-9-14(13)15/h4-5,7,9,11,15H,3,6,8,10H2,1-2H3,(H,18,19,20). The predicted molar refractivity (Wildman–Crippen MR) is 82.2 cm³/mol. The highest BCUT2D eigenvalue weighted by Gasteiger charge is 2.24. The van der Waals surface area contributed by atoms with Gasteiger partial charge in [0.25, 0.3) is 0 Å². The van der Waals surface area contributed by atoms with Gasteiger partial charge < -0.3 is 5.32 Å². The molecule has 0 bridgehead atoms. The van der Waals surface area contributed by atoms with Crippen molar-refractivity contribution in [3.8, 4) is 0 Å². The Bertz CT molecular complexity index is 607. The fourth-order valence-electron chi connectivity index (χ4n) is 3.04. The van der Waals surface area contributed by atoms with Crippen molar-refractivity contribution in [2.45, 2.75) is 39.0 Å². The van der Waals surface area contributed by atoms with Crippen LogP contribution in [0, 0.1) is 6.92 Å². The molecule has 1 aliphatic rings. The van der Waals surface area contributed by atoms with Crippen molar-refractivity contribution in [3.63, 3.8) is 0 Å². The molecule has 1 aromatic carbocycles. The molecule has 1 N–H and O–H groups in total. The maximum absolute atomic E-state index is 4.72. The number of nitrogens with one attached hydrogen (secondary N) is 1. The second-order valence-electron chi connectivity index (χ2n) is 5.43. The van der Waals surface area contributed by atoms with E-state index in [4.69, 9.17) is 4.98 Å². The van der Waals surface area contributed by atoms with E-state index < -0.39 is 0 Å². The van der Waals surface area contributed by atoms with Crippen molar-refractivity contribution in [2.75, 3.05) is 11.9 Å². The molecule has 20 heavy (non-hydrogen) atoms. The fourth-order valence-corrected chi connectivity index (χ4v) is 3.04. The van der Waals surface area contributed by atoms with Gasteiger partial charge in [0.05, 0.1) is 0 Å². The summed E-state index contributed by atoms with van der Waals surface area (Å²) in [6.45, 7) is 5.02. The summed E-state index contributed by atoms with van der Waals surface area (Å²) < 4.78 is 0. The van der Waals surface area contributed by atoms with E-state index in [9.17, 15) is 0 Å². The molecule has 104 valence electrons. The number of aromatic nitrogens is 2. The van der Waals surface area contributed by atoms with Crippen molar-refractivity contribution >= 4 is 5.82 Å². The predicted octanol–water partition coefficient (Wildman–Crippen LogP) is 3.69. The molecule has 0 fully saturated rings. The van der Waals surface area contributed by atoms with Gasteiger partial charge in [0.1, 0.15) is 11.6 Å². The average Bonchev–Trinajstić information content (AvgIpc) is 2.46. The topological polar surface area (TPSA) is 37.8 Å². The number of nitrogens with zero attached hydrogens (tertiary/aromatic N) is 2. The first-order valence-corrected chi connectivity index (χ1v) is 7.45. The number of rotatable bonds is 3. The van der Waals surface area contributed by atoms with Gasteiger partial charge in [-0.05, 0) is 44.2 Å². The molecule has 0 aliphatic heterocycles. The first-order chi connectivity index (χ1) is 9.78. The van der Waals surface area contributed by atoms with Gasteiger partial charge in [-0.3, -0.25) is 0 Å². The monoisotopic (exact) mass is 267 g/mol. The molecule has 3 nitrogen and oxygen atoms in total. The van der Waals surface area contributed by atoms with E-state index in [0.29, 0.717) is 5.92 Å². The van der Waals surface area contributed by atoms with Gasteiger partial charge in [-0.1, -0.05) is 24.3 Å². The van der Waals surface area contributed by atoms with E-state index >= 15 is 0 Å². The Balaban J connectivity index is 2.01. The van der Waals surface area contributed by atoms with Crippen LogP contribution in [-0.4, -0.2) is 16.5 Å². The van der Waals surface area contributed by atoms with Crippen molar-refractivity contribution in [3.05, 3.63) is 53.0 Å². The van der Waals surface area contributed by atoms with Gasteiger partial charge in [0.15, 0.2) is 0 Å². The van der Waals surface area contributed by atoms with E-state index in [2.05, 4.69) is 41.5 Å². The smallest absolute Gasteiger partial charge is 0.138 e. The van der Waals surface area contributed by atoms with E-state index in [1.54, 1.807) is 0 Å². The molecule has 3 rings (SSSR count). The third kappa shape index (κ3) is 2.53. The second kappa shape index (κ2) is 5.61. The lowest BCUT2D eigenvalue weighted by Crippen LogP contribution is -2.15. The van der Waals surface area contributed by atoms with Crippen molar-refractivity contribution in [1.29, 1.82) is 0 Å². The van der Waals surface area contributed by atoms with Crippen molar-refractivity contribution < 1.29 is 0 Å². The first-order valence-electron chi connectivity index (χ1n) is 7.45. The molecule has 1 aliphatic carbocycles. The molecule has 1 unspecified atom stereocenters. The maximum atomic E-state index is 4.72. The number of fused-ring (bicyclic) bond motifs is 1. The van der Waals surface area contributed by atoms with Gasteiger partial charge in [-0.15, -0.1) is 0 Å². The maximum Gasteiger partial charge on any atom is 0.138 e. The molecule has 3 heteroatoms. The SMILES string of the molecule is CCNc1cc(C)nc(C2CCCc3ccccc32)n1. The first kappa shape index (κ1) is 13.1. The van der Waals surface area contributed by atoms with Crippen LogP contribution in [0.3, 0.4) is 0 Å². The summed E-state index contributed by atoms with van der Waals surface area (Å²) in [5, 5.41) is 3.30. The Kier molecular flexibility index (Phi) is 3.68. The largest absolute Gasteiger partial charge is 0.370 e. The molecule has 0 amide bonds. The summed E-state index contributed by atoms with van der Waals surface area (Å²) in [4.78, 5) is 9.41. The number of aryl methyl sites for hydroxylation is 2. The number of hydrogen-bond donors (Lipinski definition) is 1. The van der Waals surface area contributed by atoms with Gasteiger partial charge in [0.2, 0.25) is 0 Å². The lowest BCUT2D eigenvalue weighted by Gasteiger charge is -2.24. The zero-order valence-corrected chi connectivity index (χ0v) is 12.2. The molecular weight excluding hydrogens is 246 g/mol. The van der Waals surface area contributed by atoms with Crippen molar-refractivity contribution in [2.24, 2.45) is 0 Å². The molecule has 2 aromatic rings. The Labute approximate surface area is 120 Å². The normalized spacial score (nSPS) is 17.6. The molecule has 1 heterocycles. The number of anilines is 1. The van der Waals surface area contributed by atoms with Crippen molar-refractivity contribution in [1.82, 2.24) is 9.97 Å². The molecule has 1 aromatic heterocycles. The molecule has 0 radical (unpaired) electrons. The lowest BCUT2D eigenvalue weighted by atomic mass is 9.82. The van der Waals surface area contributed by atoms with Crippen LogP contribution in [0.4, 0.5) is 5.82 Å². The van der Waals surface area contributed by atoms with E-state index in [1.165, 1.54) is 24.0 Å². The summed E-state index contributed by atoms with van der Waals surface area (Å²) >= 11 is 0. The summed E-state index contributed by atoms with van der Waals surface area (Å²) in [7, 11) is 0. The molecular formula is C17H21N3. The Hall–Kier alpha value is -1.90. The third-order valence-electron chi connectivity index (χ3n) is 3.91. The van der Waals surface area contributed by atoms with Crippen LogP contribution in [0.2, 0.25) is 0 Å². The van der Waals surface area contributed by atoms with Crippen LogP contribution in [0.15, 0.2) is 30.3 Å². The van der Waals surface area contributed by atoms with Gasteiger partial charge in [0, 0.05) is 24.2 Å².